The number of aryl methyl sites for hydroxylation is 1. The number of hydrogen-bond donors (Lipinski definition) is 1. The van der Waals surface area contributed by atoms with Crippen molar-refractivity contribution >= 4 is 39.1 Å². The first kappa shape index (κ1) is 20.5. The van der Waals surface area contributed by atoms with Crippen LogP contribution < -0.4 is 5.56 Å². The summed E-state index contributed by atoms with van der Waals surface area (Å²) in [4.78, 5) is 35.3. The number of ether oxygens (including phenoxy) is 1. The quantitative estimate of drug-likeness (QED) is 0.602. The Morgan fingerprint density at radius 3 is 2.86 bits per heavy atom. The predicted molar refractivity (Wildman–Crippen MR) is 112 cm³/mol. The van der Waals surface area contributed by atoms with Crippen molar-refractivity contribution in [3.63, 3.8) is 0 Å². The van der Waals surface area contributed by atoms with Crippen LogP contribution in [0.25, 0.3) is 10.2 Å². The molecular weight excluding hydrogens is 398 g/mol. The van der Waals surface area contributed by atoms with Gasteiger partial charge in [0.05, 0.1) is 18.0 Å². The van der Waals surface area contributed by atoms with E-state index >= 15 is 0 Å². The highest BCUT2D eigenvalue weighted by Gasteiger charge is 2.22. The van der Waals surface area contributed by atoms with Gasteiger partial charge >= 0.3 is 5.97 Å². The van der Waals surface area contributed by atoms with E-state index in [0.717, 1.165) is 5.56 Å². The molecule has 1 unspecified atom stereocenters. The van der Waals surface area contributed by atoms with Crippen LogP contribution in [0.2, 0.25) is 5.02 Å². The molecule has 8 heteroatoms. The van der Waals surface area contributed by atoms with E-state index in [-0.39, 0.29) is 18.2 Å². The maximum atomic E-state index is 12.7. The van der Waals surface area contributed by atoms with Gasteiger partial charge in [-0.2, -0.15) is 0 Å². The molecule has 1 aromatic carbocycles. The van der Waals surface area contributed by atoms with Gasteiger partial charge in [-0.15, -0.1) is 11.3 Å². The van der Waals surface area contributed by atoms with Crippen molar-refractivity contribution in [3.05, 3.63) is 61.5 Å². The largest absolute Gasteiger partial charge is 0.462 e. The van der Waals surface area contributed by atoms with Crippen LogP contribution in [0.3, 0.4) is 0 Å². The Morgan fingerprint density at radius 2 is 2.18 bits per heavy atom. The summed E-state index contributed by atoms with van der Waals surface area (Å²) < 4.78 is 5.08. The molecule has 0 aliphatic heterocycles. The number of carbonyl (C=O) groups excluding carboxylic acids is 1. The van der Waals surface area contributed by atoms with Gasteiger partial charge in [0.15, 0.2) is 0 Å². The minimum atomic E-state index is -0.421. The second-order valence-electron chi connectivity index (χ2n) is 6.63. The molecule has 0 spiro atoms. The van der Waals surface area contributed by atoms with Gasteiger partial charge in [-0.1, -0.05) is 23.7 Å². The Balaban J connectivity index is 1.92. The molecule has 0 saturated heterocycles. The summed E-state index contributed by atoms with van der Waals surface area (Å²) in [6.45, 7) is 6.41. The zero-order valence-electron chi connectivity index (χ0n) is 16.2. The molecule has 0 saturated carbocycles. The normalized spacial score (nSPS) is 12.5. The SMILES string of the molecule is CCOC(=O)c1sc2nc(C(C)N(C)Cc3cccc(Cl)c3)[nH]c(=O)c2c1C. The van der Waals surface area contributed by atoms with Crippen molar-refractivity contribution in [1.29, 1.82) is 0 Å². The van der Waals surface area contributed by atoms with Gasteiger partial charge in [0.1, 0.15) is 15.5 Å². The Hall–Kier alpha value is -2.22. The van der Waals surface area contributed by atoms with E-state index in [1.165, 1.54) is 11.3 Å². The maximum Gasteiger partial charge on any atom is 0.348 e. The van der Waals surface area contributed by atoms with E-state index in [2.05, 4.69) is 14.9 Å². The second-order valence-corrected chi connectivity index (χ2v) is 8.06. The van der Waals surface area contributed by atoms with Crippen LogP contribution in [-0.4, -0.2) is 34.5 Å². The number of halogens is 1. The van der Waals surface area contributed by atoms with E-state index in [0.29, 0.717) is 38.0 Å². The van der Waals surface area contributed by atoms with E-state index in [9.17, 15) is 9.59 Å². The molecule has 0 bridgehead atoms. The van der Waals surface area contributed by atoms with Gasteiger partial charge in [0.2, 0.25) is 0 Å². The summed E-state index contributed by atoms with van der Waals surface area (Å²) in [5.74, 6) is 0.133. The number of rotatable bonds is 6. The molecule has 28 heavy (non-hydrogen) atoms. The number of carbonyl (C=O) groups is 1. The highest BCUT2D eigenvalue weighted by Crippen LogP contribution is 2.29. The molecule has 0 amide bonds. The Labute approximate surface area is 172 Å². The molecule has 0 radical (unpaired) electrons. The topological polar surface area (TPSA) is 75.3 Å². The lowest BCUT2D eigenvalue weighted by Gasteiger charge is -2.24. The number of aromatic amines is 1. The molecule has 3 rings (SSSR count). The van der Waals surface area contributed by atoms with Crippen molar-refractivity contribution in [1.82, 2.24) is 14.9 Å². The third-order valence-electron chi connectivity index (χ3n) is 4.66. The molecule has 6 nitrogen and oxygen atoms in total. The fourth-order valence-corrected chi connectivity index (χ4v) is 4.31. The zero-order valence-corrected chi connectivity index (χ0v) is 17.8. The first-order valence-electron chi connectivity index (χ1n) is 8.97. The smallest absolute Gasteiger partial charge is 0.348 e. The monoisotopic (exact) mass is 419 g/mol. The first-order chi connectivity index (χ1) is 13.3. The first-order valence-corrected chi connectivity index (χ1v) is 10.2. The summed E-state index contributed by atoms with van der Waals surface area (Å²) in [5.41, 5.74) is 1.44. The highest BCUT2D eigenvalue weighted by atomic mass is 35.5. The fourth-order valence-electron chi connectivity index (χ4n) is 3.02. The minimum absolute atomic E-state index is 0.135. The van der Waals surface area contributed by atoms with Crippen molar-refractivity contribution in [3.8, 4) is 0 Å². The summed E-state index contributed by atoms with van der Waals surface area (Å²) in [5, 5.41) is 1.13. The lowest BCUT2D eigenvalue weighted by molar-refractivity contribution is 0.0531. The molecule has 1 N–H and O–H groups in total. The van der Waals surface area contributed by atoms with Crippen LogP contribution in [-0.2, 0) is 11.3 Å². The molecular formula is C20H22ClN3O3S. The number of esters is 1. The number of benzene rings is 1. The zero-order chi connectivity index (χ0) is 20.4. The summed E-state index contributed by atoms with van der Waals surface area (Å²) in [6.07, 6.45) is 0. The van der Waals surface area contributed by atoms with Crippen LogP contribution in [0.15, 0.2) is 29.1 Å². The lowest BCUT2D eigenvalue weighted by atomic mass is 10.1. The fraction of sp³-hybridized carbons (Fsp3) is 0.350. The number of thiophene rings is 1. The maximum absolute atomic E-state index is 12.7. The minimum Gasteiger partial charge on any atom is -0.462 e. The average molecular weight is 420 g/mol. The summed E-state index contributed by atoms with van der Waals surface area (Å²) in [6, 6.07) is 7.53. The van der Waals surface area contributed by atoms with E-state index < -0.39 is 5.97 Å². The van der Waals surface area contributed by atoms with Crippen LogP contribution in [0.5, 0.6) is 0 Å². The molecule has 148 valence electrons. The van der Waals surface area contributed by atoms with Crippen molar-refractivity contribution in [2.75, 3.05) is 13.7 Å². The molecule has 3 aromatic rings. The van der Waals surface area contributed by atoms with E-state index in [1.54, 1.807) is 13.8 Å². The van der Waals surface area contributed by atoms with Crippen LogP contribution >= 0.6 is 22.9 Å². The van der Waals surface area contributed by atoms with Crippen LogP contribution in [0, 0.1) is 6.92 Å². The number of aromatic nitrogens is 2. The average Bonchev–Trinajstić information content (AvgIpc) is 2.98. The Bertz CT molecular complexity index is 1080. The van der Waals surface area contributed by atoms with Gasteiger partial charge in [-0.25, -0.2) is 9.78 Å². The number of hydrogen-bond acceptors (Lipinski definition) is 6. The molecule has 0 aliphatic rings. The summed E-state index contributed by atoms with van der Waals surface area (Å²) >= 11 is 7.26. The third-order valence-corrected chi connectivity index (χ3v) is 6.06. The van der Waals surface area contributed by atoms with Crippen LogP contribution in [0.1, 0.15) is 46.5 Å². The van der Waals surface area contributed by atoms with Gasteiger partial charge in [-0.05, 0) is 51.1 Å². The van der Waals surface area contributed by atoms with Gasteiger partial charge in [-0.3, -0.25) is 9.69 Å². The molecule has 2 aromatic heterocycles. The lowest BCUT2D eigenvalue weighted by Crippen LogP contribution is -2.25. The highest BCUT2D eigenvalue weighted by molar-refractivity contribution is 7.20. The number of fused-ring (bicyclic) bond motifs is 1. The Morgan fingerprint density at radius 1 is 1.43 bits per heavy atom. The van der Waals surface area contributed by atoms with Gasteiger partial charge in [0, 0.05) is 11.6 Å². The molecule has 1 atom stereocenters. The molecule has 0 fully saturated rings. The Kier molecular flexibility index (Phi) is 6.17. The predicted octanol–water partition coefficient (Wildman–Crippen LogP) is 4.32. The molecule has 2 heterocycles. The van der Waals surface area contributed by atoms with Gasteiger partial charge in [0.25, 0.3) is 5.56 Å². The van der Waals surface area contributed by atoms with Crippen molar-refractivity contribution < 1.29 is 9.53 Å². The van der Waals surface area contributed by atoms with E-state index in [1.807, 2.05) is 38.2 Å². The third kappa shape index (κ3) is 4.11. The van der Waals surface area contributed by atoms with Gasteiger partial charge < -0.3 is 9.72 Å². The van der Waals surface area contributed by atoms with Crippen molar-refractivity contribution in [2.45, 2.75) is 33.4 Å². The van der Waals surface area contributed by atoms with Crippen molar-refractivity contribution in [2.24, 2.45) is 0 Å². The number of nitrogens with one attached hydrogen (secondary N) is 1. The second kappa shape index (κ2) is 8.43. The van der Waals surface area contributed by atoms with E-state index in [4.69, 9.17) is 16.3 Å². The standard InChI is InChI=1S/C20H22ClN3O3S/c1-5-27-20(26)16-11(2)15-18(25)22-17(23-19(15)28-16)12(3)24(4)10-13-7-6-8-14(21)9-13/h6-9,12H,5,10H2,1-4H3,(H,22,23,25). The number of nitrogens with zero attached hydrogens (tertiary/aromatic N) is 2. The molecule has 0 aliphatic carbocycles. The van der Waals surface area contributed by atoms with Crippen LogP contribution in [0.4, 0.5) is 0 Å². The summed E-state index contributed by atoms with van der Waals surface area (Å²) in [7, 11) is 1.96. The number of H-pyrrole nitrogens is 1.